The lowest BCUT2D eigenvalue weighted by molar-refractivity contribution is 0.240. The predicted molar refractivity (Wildman–Crippen MR) is 141 cm³/mol. The normalized spacial score (nSPS) is 21.6. The Morgan fingerprint density at radius 2 is 2.00 bits per heavy atom. The van der Waals surface area contributed by atoms with E-state index in [1.54, 1.807) is 0 Å². The summed E-state index contributed by atoms with van der Waals surface area (Å²) in [4.78, 5) is 7.20. The Morgan fingerprint density at radius 3 is 2.67 bits per heavy atom. The molecule has 0 bridgehead atoms. The molecule has 1 saturated carbocycles. The van der Waals surface area contributed by atoms with Gasteiger partial charge in [-0.2, -0.15) is 0 Å². The molecule has 0 aromatic heterocycles. The number of halogens is 1. The predicted octanol–water partition coefficient (Wildman–Crippen LogP) is 4.15. The minimum absolute atomic E-state index is 0. The molecule has 172 valence electrons. The number of hydrogen-bond donors (Lipinski definition) is 2. The van der Waals surface area contributed by atoms with Gasteiger partial charge in [-0.25, -0.2) is 0 Å². The first-order valence-electron chi connectivity index (χ1n) is 11.2. The van der Waals surface area contributed by atoms with Gasteiger partial charge in [-0.05, 0) is 52.1 Å². The number of guanidine groups is 1. The van der Waals surface area contributed by atoms with Crippen LogP contribution in [0.5, 0.6) is 0 Å². The molecule has 0 aliphatic heterocycles. The molecular formula is C23H41IN4OS. The van der Waals surface area contributed by atoms with Gasteiger partial charge >= 0.3 is 0 Å². The van der Waals surface area contributed by atoms with Crippen molar-refractivity contribution < 1.29 is 4.21 Å². The molecule has 5 nitrogen and oxygen atoms in total. The Kier molecular flexibility index (Phi) is 13.9. The first-order valence-corrected chi connectivity index (χ1v) is 12.6. The molecule has 7 heteroatoms. The van der Waals surface area contributed by atoms with Gasteiger partial charge in [0.15, 0.2) is 5.96 Å². The minimum Gasteiger partial charge on any atom is -0.357 e. The maximum absolute atomic E-state index is 12.2. The van der Waals surface area contributed by atoms with Crippen LogP contribution in [0, 0.1) is 0 Å². The maximum atomic E-state index is 12.2. The molecule has 0 saturated heterocycles. The second-order valence-corrected chi connectivity index (χ2v) is 10.1. The third-order valence-corrected chi connectivity index (χ3v) is 7.55. The summed E-state index contributed by atoms with van der Waals surface area (Å²) >= 11 is 0. The summed E-state index contributed by atoms with van der Waals surface area (Å²) in [6, 6.07) is 11.4. The van der Waals surface area contributed by atoms with E-state index < -0.39 is 10.8 Å². The highest BCUT2D eigenvalue weighted by Gasteiger charge is 2.26. The van der Waals surface area contributed by atoms with E-state index in [0.717, 1.165) is 63.5 Å². The SMILES string of the molecule is CCNC(=NCCC(C)N(C)Cc1ccccc1)NC1CCCC(S(=O)CC)C1.I. The Bertz CT molecular complexity index is 643. The summed E-state index contributed by atoms with van der Waals surface area (Å²) in [5.41, 5.74) is 1.34. The van der Waals surface area contributed by atoms with Gasteiger partial charge in [0, 0.05) is 53.5 Å². The van der Waals surface area contributed by atoms with Crippen molar-refractivity contribution in [2.24, 2.45) is 4.99 Å². The van der Waals surface area contributed by atoms with Crippen LogP contribution in [0.25, 0.3) is 0 Å². The van der Waals surface area contributed by atoms with E-state index >= 15 is 0 Å². The highest BCUT2D eigenvalue weighted by molar-refractivity contribution is 14.0. The molecule has 0 radical (unpaired) electrons. The molecule has 1 aromatic rings. The van der Waals surface area contributed by atoms with Gasteiger partial charge in [0.1, 0.15) is 0 Å². The molecule has 2 N–H and O–H groups in total. The van der Waals surface area contributed by atoms with E-state index in [1.807, 2.05) is 6.92 Å². The van der Waals surface area contributed by atoms with E-state index in [1.165, 1.54) is 5.56 Å². The summed E-state index contributed by atoms with van der Waals surface area (Å²) < 4.78 is 12.2. The molecule has 0 heterocycles. The van der Waals surface area contributed by atoms with Crippen LogP contribution in [-0.4, -0.2) is 58.3 Å². The lowest BCUT2D eigenvalue weighted by Gasteiger charge is -2.30. The Labute approximate surface area is 203 Å². The van der Waals surface area contributed by atoms with E-state index in [2.05, 4.69) is 66.8 Å². The second-order valence-electron chi connectivity index (χ2n) is 8.10. The zero-order valence-corrected chi connectivity index (χ0v) is 22.2. The van der Waals surface area contributed by atoms with Crippen LogP contribution in [0.3, 0.4) is 0 Å². The molecule has 4 unspecified atom stereocenters. The summed E-state index contributed by atoms with van der Waals surface area (Å²) in [5, 5.41) is 7.31. The van der Waals surface area contributed by atoms with Crippen molar-refractivity contribution in [2.45, 2.75) is 76.8 Å². The molecule has 2 rings (SSSR count). The van der Waals surface area contributed by atoms with Gasteiger partial charge in [-0.15, -0.1) is 24.0 Å². The molecule has 1 fully saturated rings. The van der Waals surface area contributed by atoms with Gasteiger partial charge in [-0.1, -0.05) is 43.7 Å². The standard InChI is InChI=1S/C23H40N4OS.HI/c1-5-24-23(26-21-13-10-14-22(17-21)29(28)6-2)25-16-15-19(3)27(4)18-20-11-8-7-9-12-20;/h7-9,11-12,19,21-22H,5-6,10,13-18H2,1-4H3,(H2,24,25,26);1H. The maximum Gasteiger partial charge on any atom is 0.191 e. The highest BCUT2D eigenvalue weighted by atomic mass is 127. The number of hydrogen-bond acceptors (Lipinski definition) is 3. The summed E-state index contributed by atoms with van der Waals surface area (Å²) in [6.07, 6.45) is 5.39. The van der Waals surface area contributed by atoms with Gasteiger partial charge in [-0.3, -0.25) is 14.1 Å². The van der Waals surface area contributed by atoms with Gasteiger partial charge < -0.3 is 10.6 Å². The van der Waals surface area contributed by atoms with Gasteiger partial charge in [0.05, 0.1) is 0 Å². The summed E-state index contributed by atoms with van der Waals surface area (Å²) in [5.74, 6) is 1.67. The van der Waals surface area contributed by atoms with Crippen LogP contribution in [0.15, 0.2) is 35.3 Å². The fourth-order valence-corrected chi connectivity index (χ4v) is 5.22. The van der Waals surface area contributed by atoms with E-state index in [9.17, 15) is 4.21 Å². The first kappa shape index (κ1) is 27.4. The monoisotopic (exact) mass is 548 g/mol. The van der Waals surface area contributed by atoms with E-state index in [4.69, 9.17) is 4.99 Å². The number of nitrogens with one attached hydrogen (secondary N) is 2. The fourth-order valence-electron chi connectivity index (χ4n) is 3.87. The fraction of sp³-hybridized carbons (Fsp3) is 0.696. The Balaban J connectivity index is 0.00000450. The van der Waals surface area contributed by atoms with Gasteiger partial charge in [0.2, 0.25) is 0 Å². The van der Waals surface area contributed by atoms with Gasteiger partial charge in [0.25, 0.3) is 0 Å². The third kappa shape index (κ3) is 9.64. The van der Waals surface area contributed by atoms with Crippen LogP contribution in [-0.2, 0) is 17.3 Å². The Morgan fingerprint density at radius 1 is 1.27 bits per heavy atom. The van der Waals surface area contributed by atoms with Crippen LogP contribution in [0.1, 0.15) is 58.4 Å². The average Bonchev–Trinajstić information content (AvgIpc) is 2.74. The van der Waals surface area contributed by atoms with Crippen LogP contribution in [0.4, 0.5) is 0 Å². The second kappa shape index (κ2) is 15.2. The smallest absolute Gasteiger partial charge is 0.191 e. The quantitative estimate of drug-likeness (QED) is 0.262. The number of aliphatic imine (C=N–C) groups is 1. The molecule has 0 amide bonds. The van der Waals surface area contributed by atoms with Crippen molar-refractivity contribution in [1.29, 1.82) is 0 Å². The summed E-state index contributed by atoms with van der Waals surface area (Å²) in [6.45, 7) is 9.00. The van der Waals surface area contributed by atoms with Crippen LogP contribution >= 0.6 is 24.0 Å². The number of benzene rings is 1. The topological polar surface area (TPSA) is 56.7 Å². The van der Waals surface area contributed by atoms with E-state index in [0.29, 0.717) is 17.3 Å². The van der Waals surface area contributed by atoms with Crippen molar-refractivity contribution in [3.8, 4) is 0 Å². The van der Waals surface area contributed by atoms with Crippen molar-refractivity contribution in [3.05, 3.63) is 35.9 Å². The lowest BCUT2D eigenvalue weighted by atomic mass is 9.95. The molecule has 4 atom stereocenters. The van der Waals surface area contributed by atoms with Crippen molar-refractivity contribution in [1.82, 2.24) is 15.5 Å². The third-order valence-electron chi connectivity index (χ3n) is 5.81. The molecule has 30 heavy (non-hydrogen) atoms. The lowest BCUT2D eigenvalue weighted by Crippen LogP contribution is -2.46. The molecule has 1 aromatic carbocycles. The van der Waals surface area contributed by atoms with E-state index in [-0.39, 0.29) is 24.0 Å². The highest BCUT2D eigenvalue weighted by Crippen LogP contribution is 2.23. The van der Waals surface area contributed by atoms with Crippen LogP contribution in [0.2, 0.25) is 0 Å². The first-order chi connectivity index (χ1) is 14.0. The van der Waals surface area contributed by atoms with Crippen LogP contribution < -0.4 is 10.6 Å². The molecular weight excluding hydrogens is 507 g/mol. The Hall–Kier alpha value is -0.670. The number of rotatable bonds is 10. The molecule has 1 aliphatic rings. The number of nitrogens with zero attached hydrogens (tertiary/aromatic N) is 2. The largest absolute Gasteiger partial charge is 0.357 e. The zero-order chi connectivity index (χ0) is 21.1. The van der Waals surface area contributed by atoms with Crippen molar-refractivity contribution >= 4 is 40.7 Å². The minimum atomic E-state index is -0.692. The summed E-state index contributed by atoms with van der Waals surface area (Å²) in [7, 11) is 1.49. The molecule has 1 aliphatic carbocycles. The average molecular weight is 549 g/mol. The molecule has 0 spiro atoms. The van der Waals surface area contributed by atoms with Crippen molar-refractivity contribution in [3.63, 3.8) is 0 Å². The zero-order valence-electron chi connectivity index (χ0n) is 19.1. The van der Waals surface area contributed by atoms with Crippen molar-refractivity contribution in [2.75, 3.05) is 25.9 Å².